The third kappa shape index (κ3) is 2.56. The Labute approximate surface area is 111 Å². The van der Waals surface area contributed by atoms with Crippen molar-refractivity contribution in [2.24, 2.45) is 7.05 Å². The van der Waals surface area contributed by atoms with Gasteiger partial charge in [0.1, 0.15) is 12.1 Å². The molecule has 5 nitrogen and oxygen atoms in total. The molecule has 0 saturated carbocycles. The van der Waals surface area contributed by atoms with Gasteiger partial charge in [-0.05, 0) is 28.1 Å². The zero-order valence-corrected chi connectivity index (χ0v) is 11.1. The van der Waals surface area contributed by atoms with E-state index in [4.69, 9.17) is 0 Å². The number of carbonyl (C=O) groups is 1. The average Bonchev–Trinajstić information content (AvgIpc) is 2.72. The lowest BCUT2D eigenvalue weighted by Gasteiger charge is -2.07. The molecule has 0 radical (unpaired) electrons. The highest BCUT2D eigenvalue weighted by Crippen LogP contribution is 2.19. The lowest BCUT2D eigenvalue weighted by atomic mass is 10.2. The Balaban J connectivity index is 2.11. The molecule has 1 heterocycles. The minimum Gasteiger partial charge on any atom is -0.345 e. The normalized spacial score (nSPS) is 10.4. The summed E-state index contributed by atoms with van der Waals surface area (Å²) >= 11 is 3.15. The molecule has 0 fully saturated rings. The van der Waals surface area contributed by atoms with Crippen LogP contribution in [-0.2, 0) is 13.6 Å². The summed E-state index contributed by atoms with van der Waals surface area (Å²) in [7, 11) is 1.76. The second-order valence-electron chi connectivity index (χ2n) is 3.64. The first-order valence-corrected chi connectivity index (χ1v) is 5.94. The maximum Gasteiger partial charge on any atom is 0.255 e. The van der Waals surface area contributed by atoms with Gasteiger partial charge in [-0.1, -0.05) is 6.07 Å². The number of aromatic nitrogens is 3. The zero-order chi connectivity index (χ0) is 13.1. The van der Waals surface area contributed by atoms with Gasteiger partial charge in [-0.25, -0.2) is 4.39 Å². The topological polar surface area (TPSA) is 59.8 Å². The minimum atomic E-state index is -0.570. The molecule has 1 aromatic heterocycles. The lowest BCUT2D eigenvalue weighted by Crippen LogP contribution is -2.25. The van der Waals surface area contributed by atoms with Crippen molar-refractivity contribution in [3.05, 3.63) is 46.2 Å². The monoisotopic (exact) mass is 312 g/mol. The molecule has 18 heavy (non-hydrogen) atoms. The van der Waals surface area contributed by atoms with Crippen LogP contribution in [0.1, 0.15) is 16.2 Å². The number of amides is 1. The standard InChI is InChI=1S/C11H10BrFN4O/c1-17-6-15-16-9(17)5-14-11(18)10-7(12)3-2-4-8(10)13/h2-4,6H,5H2,1H3,(H,14,18). The van der Waals surface area contributed by atoms with Gasteiger partial charge in [0.15, 0.2) is 5.82 Å². The smallest absolute Gasteiger partial charge is 0.255 e. The van der Waals surface area contributed by atoms with Crippen molar-refractivity contribution in [2.45, 2.75) is 6.54 Å². The van der Waals surface area contributed by atoms with E-state index in [1.54, 1.807) is 17.7 Å². The first-order valence-electron chi connectivity index (χ1n) is 5.14. The summed E-state index contributed by atoms with van der Waals surface area (Å²) in [6.07, 6.45) is 1.53. The molecule has 0 saturated heterocycles. The molecule has 94 valence electrons. The van der Waals surface area contributed by atoms with Gasteiger partial charge in [-0.15, -0.1) is 10.2 Å². The Hall–Kier alpha value is -1.76. The summed E-state index contributed by atoms with van der Waals surface area (Å²) in [4.78, 5) is 11.9. The maximum absolute atomic E-state index is 13.5. The van der Waals surface area contributed by atoms with E-state index in [0.717, 1.165) is 0 Å². The summed E-state index contributed by atoms with van der Waals surface area (Å²) in [5.74, 6) is -0.473. The van der Waals surface area contributed by atoms with Crippen LogP contribution in [0.25, 0.3) is 0 Å². The van der Waals surface area contributed by atoms with Crippen molar-refractivity contribution in [3.8, 4) is 0 Å². The molecule has 1 N–H and O–H groups in total. The second-order valence-corrected chi connectivity index (χ2v) is 4.49. The first-order chi connectivity index (χ1) is 8.59. The summed E-state index contributed by atoms with van der Waals surface area (Å²) in [6.45, 7) is 0.191. The molecule has 0 aliphatic rings. The fourth-order valence-corrected chi connectivity index (χ4v) is 1.95. The SMILES string of the molecule is Cn1cnnc1CNC(=O)c1c(F)cccc1Br. The highest BCUT2D eigenvalue weighted by Gasteiger charge is 2.15. The molecule has 1 aromatic carbocycles. The lowest BCUT2D eigenvalue weighted by molar-refractivity contribution is 0.0944. The van der Waals surface area contributed by atoms with Gasteiger partial charge in [-0.2, -0.15) is 0 Å². The molecule has 0 atom stereocenters. The number of aryl methyl sites for hydroxylation is 1. The third-order valence-electron chi connectivity index (χ3n) is 2.40. The fourth-order valence-electron chi connectivity index (χ4n) is 1.43. The highest BCUT2D eigenvalue weighted by atomic mass is 79.9. The number of nitrogens with one attached hydrogen (secondary N) is 1. The Kier molecular flexibility index (Phi) is 3.71. The molecule has 0 spiro atoms. The van der Waals surface area contributed by atoms with Crippen LogP contribution in [0.15, 0.2) is 29.0 Å². The maximum atomic E-state index is 13.5. The van der Waals surface area contributed by atoms with E-state index in [9.17, 15) is 9.18 Å². The molecule has 0 aliphatic heterocycles. The Morgan fingerprint density at radius 1 is 1.56 bits per heavy atom. The molecule has 0 aliphatic carbocycles. The number of carbonyl (C=O) groups excluding carboxylic acids is 1. The van der Waals surface area contributed by atoms with E-state index < -0.39 is 11.7 Å². The number of hydrogen-bond donors (Lipinski definition) is 1. The summed E-state index contributed by atoms with van der Waals surface area (Å²) in [5, 5.41) is 10.1. The number of nitrogens with zero attached hydrogens (tertiary/aromatic N) is 3. The molecule has 0 unspecified atom stereocenters. The predicted octanol–water partition coefficient (Wildman–Crippen LogP) is 1.65. The van der Waals surface area contributed by atoms with E-state index in [2.05, 4.69) is 31.4 Å². The van der Waals surface area contributed by atoms with Gasteiger partial charge in [0.05, 0.1) is 12.1 Å². The Bertz CT molecular complexity index is 564. The van der Waals surface area contributed by atoms with Crippen molar-refractivity contribution >= 4 is 21.8 Å². The largest absolute Gasteiger partial charge is 0.345 e. The Morgan fingerprint density at radius 2 is 2.33 bits per heavy atom. The zero-order valence-electron chi connectivity index (χ0n) is 9.52. The number of rotatable bonds is 3. The second kappa shape index (κ2) is 5.26. The quantitative estimate of drug-likeness (QED) is 0.937. The molecule has 2 aromatic rings. The van der Waals surface area contributed by atoms with Crippen LogP contribution in [0.3, 0.4) is 0 Å². The van der Waals surface area contributed by atoms with Crippen LogP contribution in [0.4, 0.5) is 4.39 Å². The van der Waals surface area contributed by atoms with E-state index >= 15 is 0 Å². The van der Waals surface area contributed by atoms with Gasteiger partial charge in [-0.3, -0.25) is 4.79 Å². The Morgan fingerprint density at radius 3 is 2.94 bits per heavy atom. The number of hydrogen-bond acceptors (Lipinski definition) is 3. The van der Waals surface area contributed by atoms with E-state index in [0.29, 0.717) is 10.3 Å². The summed E-state index contributed by atoms with van der Waals surface area (Å²) in [5.41, 5.74) is -0.0142. The van der Waals surface area contributed by atoms with Crippen LogP contribution in [0.2, 0.25) is 0 Å². The van der Waals surface area contributed by atoms with Gasteiger partial charge >= 0.3 is 0 Å². The molecule has 2 rings (SSSR count). The van der Waals surface area contributed by atoms with Crippen LogP contribution >= 0.6 is 15.9 Å². The molecule has 7 heteroatoms. The van der Waals surface area contributed by atoms with Gasteiger partial charge in [0.2, 0.25) is 0 Å². The van der Waals surface area contributed by atoms with Crippen LogP contribution in [0, 0.1) is 5.82 Å². The minimum absolute atomic E-state index is 0.0142. The molecular weight excluding hydrogens is 303 g/mol. The average molecular weight is 313 g/mol. The molecular formula is C11H10BrFN4O. The van der Waals surface area contributed by atoms with Crippen molar-refractivity contribution in [1.82, 2.24) is 20.1 Å². The fraction of sp³-hybridized carbons (Fsp3) is 0.182. The molecule has 0 bridgehead atoms. The van der Waals surface area contributed by atoms with Gasteiger partial charge < -0.3 is 9.88 Å². The van der Waals surface area contributed by atoms with Crippen molar-refractivity contribution in [2.75, 3.05) is 0 Å². The van der Waals surface area contributed by atoms with Crippen LogP contribution in [0.5, 0.6) is 0 Å². The third-order valence-corrected chi connectivity index (χ3v) is 3.06. The predicted molar refractivity (Wildman–Crippen MR) is 66.3 cm³/mol. The van der Waals surface area contributed by atoms with Gasteiger partial charge in [0.25, 0.3) is 5.91 Å². The van der Waals surface area contributed by atoms with Crippen molar-refractivity contribution < 1.29 is 9.18 Å². The first kappa shape index (κ1) is 12.7. The van der Waals surface area contributed by atoms with E-state index in [1.165, 1.54) is 18.5 Å². The summed E-state index contributed by atoms with van der Waals surface area (Å²) in [6, 6.07) is 4.38. The number of halogens is 2. The van der Waals surface area contributed by atoms with Crippen molar-refractivity contribution in [3.63, 3.8) is 0 Å². The van der Waals surface area contributed by atoms with Crippen LogP contribution in [-0.4, -0.2) is 20.7 Å². The van der Waals surface area contributed by atoms with E-state index in [1.807, 2.05) is 0 Å². The number of benzene rings is 1. The van der Waals surface area contributed by atoms with Crippen LogP contribution < -0.4 is 5.32 Å². The van der Waals surface area contributed by atoms with E-state index in [-0.39, 0.29) is 12.1 Å². The van der Waals surface area contributed by atoms with Gasteiger partial charge in [0, 0.05) is 11.5 Å². The highest BCUT2D eigenvalue weighted by molar-refractivity contribution is 9.10. The summed E-state index contributed by atoms with van der Waals surface area (Å²) < 4.78 is 15.6. The van der Waals surface area contributed by atoms with Crippen molar-refractivity contribution in [1.29, 1.82) is 0 Å². The molecule has 1 amide bonds.